The molecular formula is C40H23NOS2. The Balaban J connectivity index is 1.33. The first-order chi connectivity index (χ1) is 21.8. The van der Waals surface area contributed by atoms with Crippen LogP contribution in [-0.4, -0.2) is 0 Å². The maximum Gasteiger partial charge on any atom is 0.145 e. The van der Waals surface area contributed by atoms with E-state index in [9.17, 15) is 0 Å². The molecular weight excluding hydrogens is 575 g/mol. The van der Waals surface area contributed by atoms with Crippen molar-refractivity contribution in [3.05, 3.63) is 140 Å². The van der Waals surface area contributed by atoms with Gasteiger partial charge in [-0.2, -0.15) is 0 Å². The van der Waals surface area contributed by atoms with Crippen molar-refractivity contribution in [2.24, 2.45) is 0 Å². The number of thiophene rings is 2. The van der Waals surface area contributed by atoms with Crippen LogP contribution in [0.15, 0.2) is 144 Å². The number of hydrogen-bond acceptors (Lipinski definition) is 4. The predicted octanol–water partition coefficient (Wildman–Crippen LogP) is 12.9. The maximum atomic E-state index is 6.63. The molecule has 0 unspecified atom stereocenters. The van der Waals surface area contributed by atoms with Crippen molar-refractivity contribution in [3.63, 3.8) is 0 Å². The second kappa shape index (κ2) is 9.17. The summed E-state index contributed by atoms with van der Waals surface area (Å²) >= 11 is 3.71. The minimum atomic E-state index is 0.902. The number of anilines is 3. The Kier molecular flexibility index (Phi) is 5.06. The van der Waals surface area contributed by atoms with Crippen LogP contribution < -0.4 is 4.90 Å². The van der Waals surface area contributed by atoms with Crippen LogP contribution in [0.25, 0.3) is 73.1 Å². The fraction of sp³-hybridized carbons (Fsp3) is 0. The Morgan fingerprint density at radius 1 is 0.432 bits per heavy atom. The predicted molar refractivity (Wildman–Crippen MR) is 192 cm³/mol. The van der Waals surface area contributed by atoms with E-state index >= 15 is 0 Å². The molecule has 206 valence electrons. The van der Waals surface area contributed by atoms with Gasteiger partial charge in [-0.25, -0.2) is 0 Å². The molecule has 0 spiro atoms. The third-order valence-electron chi connectivity index (χ3n) is 8.83. The van der Waals surface area contributed by atoms with Crippen molar-refractivity contribution < 1.29 is 4.42 Å². The number of benzene rings is 7. The summed E-state index contributed by atoms with van der Waals surface area (Å²) in [7, 11) is 0. The zero-order valence-corrected chi connectivity index (χ0v) is 25.1. The van der Waals surface area contributed by atoms with Crippen molar-refractivity contribution in [2.75, 3.05) is 4.90 Å². The van der Waals surface area contributed by atoms with Crippen molar-refractivity contribution in [3.8, 4) is 0 Å². The third kappa shape index (κ3) is 3.47. The van der Waals surface area contributed by atoms with Gasteiger partial charge in [0, 0.05) is 62.5 Å². The summed E-state index contributed by atoms with van der Waals surface area (Å²) in [5.41, 5.74) is 5.20. The van der Waals surface area contributed by atoms with Gasteiger partial charge in [0.2, 0.25) is 0 Å². The molecule has 0 aliphatic rings. The number of nitrogens with zero attached hydrogens (tertiary/aromatic N) is 1. The lowest BCUT2D eigenvalue weighted by Gasteiger charge is -2.27. The van der Waals surface area contributed by atoms with E-state index in [4.69, 9.17) is 4.42 Å². The van der Waals surface area contributed by atoms with E-state index < -0.39 is 0 Å². The lowest BCUT2D eigenvalue weighted by molar-refractivity contribution is 0.672. The molecule has 3 aromatic heterocycles. The molecule has 10 aromatic rings. The zero-order chi connectivity index (χ0) is 28.8. The lowest BCUT2D eigenvalue weighted by Crippen LogP contribution is -2.10. The average Bonchev–Trinajstić information content (AvgIpc) is 3.76. The number of hydrogen-bond donors (Lipinski definition) is 0. The minimum absolute atomic E-state index is 0.902. The van der Waals surface area contributed by atoms with Gasteiger partial charge < -0.3 is 9.32 Å². The van der Waals surface area contributed by atoms with Gasteiger partial charge in [-0.15, -0.1) is 22.7 Å². The van der Waals surface area contributed by atoms with Crippen LogP contribution in [0.1, 0.15) is 0 Å². The van der Waals surface area contributed by atoms with Crippen LogP contribution >= 0.6 is 22.7 Å². The van der Waals surface area contributed by atoms with E-state index in [-0.39, 0.29) is 0 Å². The molecule has 0 amide bonds. The van der Waals surface area contributed by atoms with Gasteiger partial charge in [-0.3, -0.25) is 0 Å². The summed E-state index contributed by atoms with van der Waals surface area (Å²) in [6.07, 6.45) is 0. The van der Waals surface area contributed by atoms with E-state index in [0.29, 0.717) is 0 Å². The molecule has 0 saturated heterocycles. The molecule has 2 nitrogen and oxygen atoms in total. The fourth-order valence-electron chi connectivity index (χ4n) is 6.85. The van der Waals surface area contributed by atoms with Gasteiger partial charge >= 0.3 is 0 Å². The monoisotopic (exact) mass is 597 g/mol. The van der Waals surface area contributed by atoms with Gasteiger partial charge in [-0.05, 0) is 60.0 Å². The second-order valence-corrected chi connectivity index (χ2v) is 13.5. The minimum Gasteiger partial charge on any atom is -0.455 e. The molecule has 0 fully saturated rings. The van der Waals surface area contributed by atoms with E-state index in [1.54, 1.807) is 0 Å². The van der Waals surface area contributed by atoms with Crippen LogP contribution in [0, 0.1) is 0 Å². The average molecular weight is 598 g/mol. The molecule has 0 atom stereocenters. The first kappa shape index (κ1) is 24.3. The highest BCUT2D eigenvalue weighted by Gasteiger charge is 2.23. The van der Waals surface area contributed by atoms with Gasteiger partial charge in [-0.1, -0.05) is 84.9 Å². The van der Waals surface area contributed by atoms with Crippen molar-refractivity contribution in [2.45, 2.75) is 0 Å². The number of fused-ring (bicyclic) bond motifs is 11. The molecule has 0 aliphatic heterocycles. The Labute approximate surface area is 260 Å². The highest BCUT2D eigenvalue weighted by Crippen LogP contribution is 2.48. The van der Waals surface area contributed by atoms with Crippen LogP contribution in [0.2, 0.25) is 0 Å². The van der Waals surface area contributed by atoms with Gasteiger partial charge in [0.05, 0.1) is 11.1 Å². The first-order valence-electron chi connectivity index (χ1n) is 14.8. The summed E-state index contributed by atoms with van der Waals surface area (Å²) in [6.45, 7) is 0. The Morgan fingerprint density at radius 3 is 1.86 bits per heavy atom. The van der Waals surface area contributed by atoms with E-state index in [1.807, 2.05) is 22.7 Å². The van der Waals surface area contributed by atoms with E-state index in [0.717, 1.165) is 49.8 Å². The van der Waals surface area contributed by atoms with E-state index in [2.05, 4.69) is 144 Å². The SMILES string of the molecule is c1ccc2c(c1)cc(N(c1ccc3c(c1)sc1ccccc13)c1ccc3sc4ccccc4c3c1)c1c3ccccc3oc21. The summed E-state index contributed by atoms with van der Waals surface area (Å²) in [4.78, 5) is 2.44. The summed E-state index contributed by atoms with van der Waals surface area (Å²) in [5.74, 6) is 0. The van der Waals surface area contributed by atoms with Crippen LogP contribution in [0.5, 0.6) is 0 Å². The number of para-hydroxylation sites is 1. The number of furan rings is 1. The third-order valence-corrected chi connectivity index (χ3v) is 11.1. The summed E-state index contributed by atoms with van der Waals surface area (Å²) in [5, 5.41) is 9.73. The molecule has 3 heterocycles. The molecule has 7 aromatic carbocycles. The Morgan fingerprint density at radius 2 is 1.02 bits per heavy atom. The quantitative estimate of drug-likeness (QED) is 0.201. The topological polar surface area (TPSA) is 16.4 Å². The highest BCUT2D eigenvalue weighted by molar-refractivity contribution is 7.26. The van der Waals surface area contributed by atoms with Crippen LogP contribution in [0.4, 0.5) is 17.1 Å². The van der Waals surface area contributed by atoms with Crippen molar-refractivity contribution in [1.82, 2.24) is 0 Å². The van der Waals surface area contributed by atoms with Gasteiger partial charge in [0.15, 0.2) is 0 Å². The largest absolute Gasteiger partial charge is 0.455 e. The Bertz CT molecular complexity index is 2750. The second-order valence-electron chi connectivity index (χ2n) is 11.3. The maximum absolute atomic E-state index is 6.63. The van der Waals surface area contributed by atoms with Crippen molar-refractivity contribution >= 4 is 113 Å². The van der Waals surface area contributed by atoms with Crippen molar-refractivity contribution in [1.29, 1.82) is 0 Å². The number of rotatable bonds is 3. The molecule has 0 N–H and O–H groups in total. The molecule has 0 saturated carbocycles. The molecule has 10 rings (SSSR count). The molecule has 0 aliphatic carbocycles. The summed E-state index contributed by atoms with van der Waals surface area (Å²) in [6, 6.07) is 50.6. The zero-order valence-electron chi connectivity index (χ0n) is 23.5. The Hall–Kier alpha value is -5.16. The molecule has 0 bridgehead atoms. The standard InChI is InChI=1S/C40H23NOS2/c1-2-10-27-24(9-1)21-33(39-31-13-3-6-14-34(31)42-40(27)39)41(25-18-20-37-32(22-25)29-12-5-8-16-36(29)43-37)26-17-19-30-28-11-4-7-15-35(28)44-38(30)23-26/h1-23H. The lowest BCUT2D eigenvalue weighted by atomic mass is 10.0. The molecule has 0 radical (unpaired) electrons. The normalized spacial score (nSPS) is 12.1. The molecule has 4 heteroatoms. The summed E-state index contributed by atoms with van der Waals surface area (Å²) < 4.78 is 11.8. The first-order valence-corrected chi connectivity index (χ1v) is 16.4. The molecule has 44 heavy (non-hydrogen) atoms. The van der Waals surface area contributed by atoms with Crippen LogP contribution in [0.3, 0.4) is 0 Å². The van der Waals surface area contributed by atoms with Gasteiger partial charge in [0.25, 0.3) is 0 Å². The van der Waals surface area contributed by atoms with Gasteiger partial charge in [0.1, 0.15) is 11.2 Å². The van der Waals surface area contributed by atoms with E-state index in [1.165, 1.54) is 40.3 Å². The highest BCUT2D eigenvalue weighted by atomic mass is 32.1. The van der Waals surface area contributed by atoms with Crippen LogP contribution in [-0.2, 0) is 0 Å². The fourth-order valence-corrected chi connectivity index (χ4v) is 9.07. The smallest absolute Gasteiger partial charge is 0.145 e.